The van der Waals surface area contributed by atoms with Crippen LogP contribution in [-0.4, -0.2) is 30.6 Å². The number of piperidine rings is 1. The minimum absolute atomic E-state index is 0.0784. The summed E-state index contributed by atoms with van der Waals surface area (Å²) >= 11 is 0. The van der Waals surface area contributed by atoms with Gasteiger partial charge in [-0.05, 0) is 37.0 Å². The summed E-state index contributed by atoms with van der Waals surface area (Å²) in [5, 5.41) is 11.6. The maximum Gasteiger partial charge on any atom is 0.242 e. The van der Waals surface area contributed by atoms with Crippen molar-refractivity contribution in [2.45, 2.75) is 31.9 Å². The quantitative estimate of drug-likeness (QED) is 0.870. The Labute approximate surface area is 112 Å². The fourth-order valence-electron chi connectivity index (χ4n) is 2.54. The minimum atomic E-state index is -0.387. The first kappa shape index (κ1) is 13.8. The van der Waals surface area contributed by atoms with Gasteiger partial charge in [-0.15, -0.1) is 0 Å². The number of benzene rings is 1. The van der Waals surface area contributed by atoms with Crippen LogP contribution in [0.5, 0.6) is 0 Å². The molecule has 1 fully saturated rings. The third-order valence-corrected chi connectivity index (χ3v) is 3.56. The second kappa shape index (κ2) is 6.02. The van der Waals surface area contributed by atoms with Gasteiger partial charge in [0.2, 0.25) is 5.91 Å². The van der Waals surface area contributed by atoms with Crippen molar-refractivity contribution in [1.29, 1.82) is 0 Å². The molecule has 0 spiro atoms. The summed E-state index contributed by atoms with van der Waals surface area (Å²) in [5.74, 6) is -0.465. The van der Waals surface area contributed by atoms with E-state index in [0.717, 1.165) is 19.3 Å². The van der Waals surface area contributed by atoms with Gasteiger partial charge < -0.3 is 15.3 Å². The molecule has 0 saturated carbocycles. The second-order valence-electron chi connectivity index (χ2n) is 4.76. The Morgan fingerprint density at radius 1 is 1.53 bits per heavy atom. The summed E-state index contributed by atoms with van der Waals surface area (Å²) in [6.07, 6.45) is 2.67. The topological polar surface area (TPSA) is 52.6 Å². The van der Waals surface area contributed by atoms with Crippen LogP contribution < -0.4 is 10.2 Å². The molecule has 1 amide bonds. The molecule has 1 unspecified atom stereocenters. The van der Waals surface area contributed by atoms with Crippen LogP contribution in [0.25, 0.3) is 0 Å². The van der Waals surface area contributed by atoms with Gasteiger partial charge in [-0.3, -0.25) is 4.79 Å². The lowest BCUT2D eigenvalue weighted by Gasteiger charge is -2.36. The van der Waals surface area contributed by atoms with E-state index in [1.54, 1.807) is 19.2 Å². The number of aliphatic hydroxyl groups excluding tert-OH is 1. The molecule has 1 aromatic rings. The molecule has 1 atom stereocenters. The Morgan fingerprint density at radius 3 is 2.95 bits per heavy atom. The lowest BCUT2D eigenvalue weighted by molar-refractivity contribution is -0.122. The highest BCUT2D eigenvalue weighted by Crippen LogP contribution is 2.28. The first-order chi connectivity index (χ1) is 9.17. The van der Waals surface area contributed by atoms with Crippen LogP contribution >= 0.6 is 0 Å². The molecule has 1 aliphatic rings. The molecule has 0 aliphatic carbocycles. The van der Waals surface area contributed by atoms with Crippen LogP contribution in [0, 0.1) is 5.82 Å². The van der Waals surface area contributed by atoms with Crippen LogP contribution in [-0.2, 0) is 11.4 Å². The number of aliphatic hydroxyl groups is 1. The van der Waals surface area contributed by atoms with Crippen LogP contribution in [0.1, 0.15) is 24.8 Å². The second-order valence-corrected chi connectivity index (χ2v) is 4.76. The van der Waals surface area contributed by atoms with Crippen LogP contribution in [0.2, 0.25) is 0 Å². The lowest BCUT2D eigenvalue weighted by Crippen LogP contribution is -2.49. The zero-order valence-corrected chi connectivity index (χ0v) is 11.0. The predicted octanol–water partition coefficient (Wildman–Crippen LogP) is 1.42. The van der Waals surface area contributed by atoms with Crippen molar-refractivity contribution in [3.8, 4) is 0 Å². The molecule has 5 heteroatoms. The number of rotatable bonds is 3. The minimum Gasteiger partial charge on any atom is -0.392 e. The number of hydrogen-bond donors (Lipinski definition) is 2. The van der Waals surface area contributed by atoms with Gasteiger partial charge in [0.1, 0.15) is 11.9 Å². The van der Waals surface area contributed by atoms with Crippen molar-refractivity contribution in [3.05, 3.63) is 29.6 Å². The monoisotopic (exact) mass is 266 g/mol. The Balaban J connectivity index is 2.29. The van der Waals surface area contributed by atoms with E-state index in [4.69, 9.17) is 5.11 Å². The van der Waals surface area contributed by atoms with Gasteiger partial charge in [-0.1, -0.05) is 6.07 Å². The standard InChI is InChI=1S/C14H19FN2O2/c1-16-14(19)13-4-2-3-7-17(13)12-6-5-10(9-18)8-11(12)15/h5-6,8,13,18H,2-4,7,9H2,1H3,(H,16,19). The van der Waals surface area contributed by atoms with Crippen LogP contribution in [0.15, 0.2) is 18.2 Å². The molecule has 1 aromatic carbocycles. The van der Waals surface area contributed by atoms with E-state index >= 15 is 0 Å². The number of nitrogens with one attached hydrogen (secondary N) is 1. The van der Waals surface area contributed by atoms with E-state index in [1.807, 2.05) is 4.90 Å². The Kier molecular flexibility index (Phi) is 4.37. The van der Waals surface area contributed by atoms with Crippen molar-refractivity contribution >= 4 is 11.6 Å². The Hall–Kier alpha value is -1.62. The lowest BCUT2D eigenvalue weighted by atomic mass is 10.00. The first-order valence-corrected chi connectivity index (χ1v) is 6.55. The van der Waals surface area contributed by atoms with E-state index in [0.29, 0.717) is 17.8 Å². The number of nitrogens with zero attached hydrogens (tertiary/aromatic N) is 1. The highest BCUT2D eigenvalue weighted by Gasteiger charge is 2.29. The van der Waals surface area contributed by atoms with Crippen LogP contribution in [0.3, 0.4) is 0 Å². The molecule has 0 radical (unpaired) electrons. The average molecular weight is 266 g/mol. The first-order valence-electron chi connectivity index (χ1n) is 6.55. The number of hydrogen-bond acceptors (Lipinski definition) is 3. The zero-order valence-electron chi connectivity index (χ0n) is 11.0. The number of anilines is 1. The number of halogens is 1. The van der Waals surface area contributed by atoms with Gasteiger partial charge in [-0.2, -0.15) is 0 Å². The highest BCUT2D eigenvalue weighted by molar-refractivity contribution is 5.85. The molecule has 4 nitrogen and oxygen atoms in total. The van der Waals surface area contributed by atoms with E-state index in [2.05, 4.69) is 5.32 Å². The summed E-state index contributed by atoms with van der Waals surface area (Å²) in [5.41, 5.74) is 0.972. The van der Waals surface area contributed by atoms with Gasteiger partial charge >= 0.3 is 0 Å². The number of likely N-dealkylation sites (N-methyl/N-ethyl adjacent to an activating group) is 1. The molecule has 2 rings (SSSR count). The summed E-state index contributed by atoms with van der Waals surface area (Å²) in [4.78, 5) is 13.7. The third kappa shape index (κ3) is 2.87. The fourth-order valence-corrected chi connectivity index (χ4v) is 2.54. The van der Waals surface area contributed by atoms with Crippen molar-refractivity contribution < 1.29 is 14.3 Å². The summed E-state index contributed by atoms with van der Waals surface area (Å²) in [7, 11) is 1.60. The SMILES string of the molecule is CNC(=O)C1CCCCN1c1ccc(CO)cc1F. The zero-order chi connectivity index (χ0) is 13.8. The maximum absolute atomic E-state index is 14.1. The van der Waals surface area contributed by atoms with Crippen molar-refractivity contribution in [2.24, 2.45) is 0 Å². The largest absolute Gasteiger partial charge is 0.392 e. The summed E-state index contributed by atoms with van der Waals surface area (Å²) < 4.78 is 14.1. The van der Waals surface area contributed by atoms with Gasteiger partial charge in [0.05, 0.1) is 12.3 Å². The van der Waals surface area contributed by atoms with E-state index in [1.165, 1.54) is 6.07 Å². The molecular weight excluding hydrogens is 247 g/mol. The van der Waals surface area contributed by atoms with Gasteiger partial charge in [0.15, 0.2) is 0 Å². The maximum atomic E-state index is 14.1. The Morgan fingerprint density at radius 2 is 2.32 bits per heavy atom. The molecule has 1 saturated heterocycles. The molecule has 0 bridgehead atoms. The average Bonchev–Trinajstić information content (AvgIpc) is 2.46. The van der Waals surface area contributed by atoms with E-state index in [-0.39, 0.29) is 24.4 Å². The van der Waals surface area contributed by atoms with Gasteiger partial charge in [0.25, 0.3) is 0 Å². The number of amides is 1. The molecule has 1 aliphatic heterocycles. The predicted molar refractivity (Wildman–Crippen MR) is 71.4 cm³/mol. The molecular formula is C14H19FN2O2. The third-order valence-electron chi connectivity index (χ3n) is 3.56. The van der Waals surface area contributed by atoms with Gasteiger partial charge in [-0.25, -0.2) is 4.39 Å². The normalized spacial score (nSPS) is 19.3. The van der Waals surface area contributed by atoms with Gasteiger partial charge in [0, 0.05) is 13.6 Å². The van der Waals surface area contributed by atoms with Crippen LogP contribution in [0.4, 0.5) is 10.1 Å². The van der Waals surface area contributed by atoms with E-state index in [9.17, 15) is 9.18 Å². The molecule has 2 N–H and O–H groups in total. The van der Waals surface area contributed by atoms with E-state index < -0.39 is 0 Å². The highest BCUT2D eigenvalue weighted by atomic mass is 19.1. The molecule has 19 heavy (non-hydrogen) atoms. The molecule has 104 valence electrons. The number of carbonyl (C=O) groups excluding carboxylic acids is 1. The smallest absolute Gasteiger partial charge is 0.242 e. The fraction of sp³-hybridized carbons (Fsp3) is 0.500. The number of carbonyl (C=O) groups is 1. The summed E-state index contributed by atoms with van der Waals surface area (Å²) in [6, 6.07) is 4.34. The van der Waals surface area contributed by atoms with Crippen molar-refractivity contribution in [3.63, 3.8) is 0 Å². The van der Waals surface area contributed by atoms with Crippen molar-refractivity contribution in [2.75, 3.05) is 18.5 Å². The Bertz CT molecular complexity index is 465. The van der Waals surface area contributed by atoms with Crippen molar-refractivity contribution in [1.82, 2.24) is 5.32 Å². The molecule has 0 aromatic heterocycles. The molecule has 1 heterocycles. The summed E-state index contributed by atoms with van der Waals surface area (Å²) in [6.45, 7) is 0.490.